The lowest BCUT2D eigenvalue weighted by Crippen LogP contribution is -2.33. The second kappa shape index (κ2) is 7.82. The van der Waals surface area contributed by atoms with Gasteiger partial charge in [-0.3, -0.25) is 10.1 Å². The van der Waals surface area contributed by atoms with E-state index < -0.39 is 12.0 Å². The van der Waals surface area contributed by atoms with Gasteiger partial charge in [-0.1, -0.05) is 12.1 Å². The molecule has 0 bridgehead atoms. The average Bonchev–Trinajstić information content (AvgIpc) is 3.35. The third-order valence-electron chi connectivity index (χ3n) is 5.15. The molecule has 1 aliphatic heterocycles. The van der Waals surface area contributed by atoms with Crippen LogP contribution >= 0.6 is 11.8 Å². The summed E-state index contributed by atoms with van der Waals surface area (Å²) in [7, 11) is 1.65. The molecule has 1 aliphatic carbocycles. The standard InChI is InChI=1S/C21H23NO4S/c1-25-19-8-6-15(20-22-18(12-27-20)21(23)24)9-16(19)11-26-17-7-5-13-3-2-4-14(13)10-17/h5-10,18,20,22H,2-4,11-12H2,1H3,(H,23,24)/t18-,20+/m1/s1. The molecule has 27 heavy (non-hydrogen) atoms. The lowest BCUT2D eigenvalue weighted by Gasteiger charge is -2.16. The molecule has 0 radical (unpaired) electrons. The Hall–Kier alpha value is -2.18. The van der Waals surface area contributed by atoms with Gasteiger partial charge in [-0.05, 0) is 60.2 Å². The van der Waals surface area contributed by atoms with Gasteiger partial charge in [0, 0.05) is 11.3 Å². The van der Waals surface area contributed by atoms with Crippen molar-refractivity contribution in [2.45, 2.75) is 37.3 Å². The van der Waals surface area contributed by atoms with Crippen LogP contribution in [0.4, 0.5) is 0 Å². The number of aliphatic carboxylic acids is 1. The van der Waals surface area contributed by atoms with Crippen LogP contribution in [0.3, 0.4) is 0 Å². The zero-order chi connectivity index (χ0) is 18.8. The third kappa shape index (κ3) is 3.92. The number of ether oxygens (including phenoxy) is 2. The number of hydrogen-bond donors (Lipinski definition) is 2. The van der Waals surface area contributed by atoms with Crippen molar-refractivity contribution in [3.63, 3.8) is 0 Å². The maximum Gasteiger partial charge on any atom is 0.321 e. The Balaban J connectivity index is 1.49. The molecule has 2 atom stereocenters. The van der Waals surface area contributed by atoms with Crippen LogP contribution in [0, 0.1) is 0 Å². The van der Waals surface area contributed by atoms with Crippen molar-refractivity contribution >= 4 is 17.7 Å². The summed E-state index contributed by atoms with van der Waals surface area (Å²) < 4.78 is 11.5. The average molecular weight is 385 g/mol. The molecule has 4 rings (SSSR count). The van der Waals surface area contributed by atoms with E-state index in [9.17, 15) is 9.90 Å². The molecule has 2 aromatic carbocycles. The molecule has 0 saturated carbocycles. The molecule has 0 spiro atoms. The number of carbonyl (C=O) groups is 1. The minimum Gasteiger partial charge on any atom is -0.496 e. The quantitative estimate of drug-likeness (QED) is 0.793. The van der Waals surface area contributed by atoms with E-state index in [1.54, 1.807) is 18.9 Å². The molecule has 142 valence electrons. The van der Waals surface area contributed by atoms with Crippen molar-refractivity contribution < 1.29 is 19.4 Å². The first-order valence-electron chi connectivity index (χ1n) is 9.16. The van der Waals surface area contributed by atoms with Crippen LogP contribution in [0.25, 0.3) is 0 Å². The molecule has 2 aromatic rings. The summed E-state index contributed by atoms with van der Waals surface area (Å²) >= 11 is 1.61. The fraction of sp³-hybridized carbons (Fsp3) is 0.381. The highest BCUT2D eigenvalue weighted by Gasteiger charge is 2.30. The van der Waals surface area contributed by atoms with Crippen LogP contribution in [-0.4, -0.2) is 30.0 Å². The highest BCUT2D eigenvalue weighted by Crippen LogP contribution is 2.35. The van der Waals surface area contributed by atoms with Gasteiger partial charge >= 0.3 is 5.97 Å². The van der Waals surface area contributed by atoms with Crippen LogP contribution in [-0.2, 0) is 24.2 Å². The molecule has 6 heteroatoms. The van der Waals surface area contributed by atoms with Gasteiger partial charge in [0.2, 0.25) is 0 Å². The van der Waals surface area contributed by atoms with Gasteiger partial charge in [-0.15, -0.1) is 11.8 Å². The Morgan fingerprint density at radius 1 is 1.22 bits per heavy atom. The van der Waals surface area contributed by atoms with Gasteiger partial charge in [0.05, 0.1) is 12.5 Å². The number of nitrogens with one attached hydrogen (secondary N) is 1. The van der Waals surface area contributed by atoms with Gasteiger partial charge in [0.25, 0.3) is 0 Å². The first-order chi connectivity index (χ1) is 13.1. The monoisotopic (exact) mass is 385 g/mol. The van der Waals surface area contributed by atoms with Crippen molar-refractivity contribution in [1.82, 2.24) is 5.32 Å². The van der Waals surface area contributed by atoms with E-state index in [0.717, 1.165) is 35.5 Å². The number of carboxylic acid groups (broad SMARTS) is 1. The van der Waals surface area contributed by atoms with Crippen molar-refractivity contribution in [1.29, 1.82) is 0 Å². The van der Waals surface area contributed by atoms with Crippen LogP contribution in [0.5, 0.6) is 11.5 Å². The van der Waals surface area contributed by atoms with E-state index in [0.29, 0.717) is 12.4 Å². The van der Waals surface area contributed by atoms with Crippen LogP contribution < -0.4 is 14.8 Å². The first-order valence-corrected chi connectivity index (χ1v) is 10.2. The number of fused-ring (bicyclic) bond motifs is 1. The number of aryl methyl sites for hydroxylation is 2. The Morgan fingerprint density at radius 2 is 2.07 bits per heavy atom. The molecule has 2 N–H and O–H groups in total. The van der Waals surface area contributed by atoms with E-state index in [1.165, 1.54) is 17.5 Å². The van der Waals surface area contributed by atoms with Crippen molar-refractivity contribution in [2.75, 3.05) is 12.9 Å². The van der Waals surface area contributed by atoms with Gasteiger partial charge < -0.3 is 14.6 Å². The van der Waals surface area contributed by atoms with Crippen molar-refractivity contribution in [2.24, 2.45) is 0 Å². The number of carboxylic acids is 1. The van der Waals surface area contributed by atoms with Gasteiger partial charge in [-0.2, -0.15) is 0 Å². The fourth-order valence-electron chi connectivity index (χ4n) is 3.68. The van der Waals surface area contributed by atoms with Crippen LogP contribution in [0.15, 0.2) is 36.4 Å². The zero-order valence-corrected chi connectivity index (χ0v) is 16.1. The Labute approximate surface area is 163 Å². The highest BCUT2D eigenvalue weighted by atomic mass is 32.2. The summed E-state index contributed by atoms with van der Waals surface area (Å²) in [5.74, 6) is 1.41. The molecule has 0 amide bonds. The first kappa shape index (κ1) is 18.2. The largest absolute Gasteiger partial charge is 0.496 e. The van der Waals surface area contributed by atoms with Crippen molar-refractivity contribution in [3.8, 4) is 11.5 Å². The maximum atomic E-state index is 11.2. The van der Waals surface area contributed by atoms with Gasteiger partial charge in [0.15, 0.2) is 0 Å². The van der Waals surface area contributed by atoms with E-state index >= 15 is 0 Å². The maximum absolute atomic E-state index is 11.2. The van der Waals surface area contributed by atoms with Crippen LogP contribution in [0.2, 0.25) is 0 Å². The van der Waals surface area contributed by atoms with E-state index in [4.69, 9.17) is 9.47 Å². The predicted octanol–water partition coefficient (Wildman–Crippen LogP) is 3.55. The summed E-state index contributed by atoms with van der Waals surface area (Å²) in [4.78, 5) is 11.2. The summed E-state index contributed by atoms with van der Waals surface area (Å²) in [6.45, 7) is 0.412. The Bertz CT molecular complexity index is 854. The zero-order valence-electron chi connectivity index (χ0n) is 15.2. The molecule has 2 aliphatic rings. The second-order valence-corrected chi connectivity index (χ2v) is 8.05. The number of rotatable bonds is 6. The molecule has 5 nitrogen and oxygen atoms in total. The van der Waals surface area contributed by atoms with Gasteiger partial charge in [-0.25, -0.2) is 0 Å². The Morgan fingerprint density at radius 3 is 2.85 bits per heavy atom. The van der Waals surface area contributed by atoms with Crippen molar-refractivity contribution in [3.05, 3.63) is 58.7 Å². The number of hydrogen-bond acceptors (Lipinski definition) is 5. The third-order valence-corrected chi connectivity index (χ3v) is 6.42. The fourth-order valence-corrected chi connectivity index (χ4v) is 4.90. The normalized spacial score (nSPS) is 21.1. The second-order valence-electron chi connectivity index (χ2n) is 6.91. The molecule has 0 aromatic heterocycles. The van der Waals surface area contributed by atoms with E-state index in [-0.39, 0.29) is 5.37 Å². The topological polar surface area (TPSA) is 67.8 Å². The van der Waals surface area contributed by atoms with E-state index in [2.05, 4.69) is 17.4 Å². The lowest BCUT2D eigenvalue weighted by atomic mass is 10.1. The number of benzene rings is 2. The molecule has 1 saturated heterocycles. The molecule has 1 fully saturated rings. The minimum absolute atomic E-state index is 0.0317. The molecule has 1 heterocycles. The number of thioether (sulfide) groups is 1. The smallest absolute Gasteiger partial charge is 0.321 e. The Kier molecular flexibility index (Phi) is 5.27. The number of methoxy groups -OCH3 is 1. The highest BCUT2D eigenvalue weighted by molar-refractivity contribution is 7.99. The summed E-state index contributed by atoms with van der Waals surface area (Å²) in [5, 5.41) is 12.3. The van der Waals surface area contributed by atoms with Gasteiger partial charge in [0.1, 0.15) is 24.1 Å². The lowest BCUT2D eigenvalue weighted by molar-refractivity contribution is -0.138. The molecule has 0 unspecified atom stereocenters. The molecular weight excluding hydrogens is 362 g/mol. The summed E-state index contributed by atoms with van der Waals surface area (Å²) in [6, 6.07) is 11.8. The molecular formula is C21H23NO4S. The predicted molar refractivity (Wildman–Crippen MR) is 106 cm³/mol. The van der Waals surface area contributed by atoms with Crippen LogP contribution in [0.1, 0.15) is 34.0 Å². The van der Waals surface area contributed by atoms with E-state index in [1.807, 2.05) is 24.3 Å². The summed E-state index contributed by atoms with van der Waals surface area (Å²) in [6.07, 6.45) is 3.51. The SMILES string of the molecule is COc1ccc([C@H]2N[C@@H](C(=O)O)CS2)cc1COc1ccc2c(c1)CCC2. The minimum atomic E-state index is -0.807. The summed E-state index contributed by atoms with van der Waals surface area (Å²) in [5.41, 5.74) is 4.81.